The lowest BCUT2D eigenvalue weighted by molar-refractivity contribution is 0.358. The third-order valence-corrected chi connectivity index (χ3v) is 4.40. The first kappa shape index (κ1) is 15.6. The molecule has 0 aliphatic rings. The first-order valence-corrected chi connectivity index (χ1v) is 8.34. The van der Waals surface area contributed by atoms with Crippen molar-refractivity contribution in [1.29, 1.82) is 0 Å². The summed E-state index contributed by atoms with van der Waals surface area (Å²) in [5.41, 5.74) is 0.724. The summed E-state index contributed by atoms with van der Waals surface area (Å²) in [4.78, 5) is 19.7. The van der Waals surface area contributed by atoms with Gasteiger partial charge in [0, 0.05) is 0 Å². The van der Waals surface area contributed by atoms with Crippen LogP contribution in [0.15, 0.2) is 42.5 Å². The molecule has 0 atom stereocenters. The molecule has 1 aromatic heterocycles. The van der Waals surface area contributed by atoms with Gasteiger partial charge in [0.1, 0.15) is 0 Å². The Labute approximate surface area is 132 Å². The van der Waals surface area contributed by atoms with Crippen LogP contribution in [0.5, 0.6) is 11.5 Å². The van der Waals surface area contributed by atoms with Gasteiger partial charge < -0.3 is 19.3 Å². The van der Waals surface area contributed by atoms with Gasteiger partial charge >= 0.3 is 7.60 Å². The highest BCUT2D eigenvalue weighted by Gasteiger charge is 2.31. The van der Waals surface area contributed by atoms with Crippen molar-refractivity contribution in [1.82, 2.24) is 9.78 Å². The Balaban J connectivity index is 2.46. The van der Waals surface area contributed by atoms with Gasteiger partial charge in [-0.1, -0.05) is 18.2 Å². The lowest BCUT2D eigenvalue weighted by Crippen LogP contribution is -2.17. The molecular weight excluding hydrogens is 319 g/mol. The smallest absolute Gasteiger partial charge is 0.375 e. The zero-order valence-electron chi connectivity index (χ0n) is 12.5. The standard InChI is InChI=1S/C15H15N2O5P/c1-21-12-9-8-11-13(14(12)22-2)15(23(18,19)20)17(16-11)10-6-4-3-5-7-10/h3-9H,1-2H3,(H2,18,19,20). The van der Waals surface area contributed by atoms with Gasteiger partial charge in [0.05, 0.1) is 30.8 Å². The minimum Gasteiger partial charge on any atom is -0.493 e. The fourth-order valence-corrected chi connectivity index (χ4v) is 3.41. The van der Waals surface area contributed by atoms with E-state index in [1.165, 1.54) is 18.9 Å². The van der Waals surface area contributed by atoms with Gasteiger partial charge in [-0.15, -0.1) is 0 Å². The second-order valence-corrected chi connectivity index (χ2v) is 6.32. The summed E-state index contributed by atoms with van der Waals surface area (Å²) in [7, 11) is -1.75. The lowest BCUT2D eigenvalue weighted by atomic mass is 10.2. The number of hydrogen-bond donors (Lipinski definition) is 2. The minimum atomic E-state index is -4.62. The van der Waals surface area contributed by atoms with Crippen molar-refractivity contribution in [2.75, 3.05) is 14.2 Å². The number of ether oxygens (including phenoxy) is 2. The van der Waals surface area contributed by atoms with Crippen LogP contribution in [-0.4, -0.2) is 33.8 Å². The second kappa shape index (κ2) is 5.70. The lowest BCUT2D eigenvalue weighted by Gasteiger charge is -2.11. The van der Waals surface area contributed by atoms with Gasteiger partial charge in [-0.05, 0) is 24.3 Å². The molecule has 0 radical (unpaired) electrons. The summed E-state index contributed by atoms with van der Waals surface area (Å²) in [6.45, 7) is 0. The molecule has 120 valence electrons. The summed E-state index contributed by atoms with van der Waals surface area (Å²) in [5.74, 6) is 0.618. The normalized spacial score (nSPS) is 11.7. The molecule has 0 saturated heterocycles. The van der Waals surface area contributed by atoms with Gasteiger partial charge in [-0.25, -0.2) is 4.68 Å². The van der Waals surface area contributed by atoms with Crippen LogP contribution in [0, 0.1) is 0 Å². The van der Waals surface area contributed by atoms with Crippen LogP contribution in [0.1, 0.15) is 0 Å². The van der Waals surface area contributed by atoms with Crippen molar-refractivity contribution in [2.24, 2.45) is 0 Å². The molecule has 8 heteroatoms. The number of hydrogen-bond acceptors (Lipinski definition) is 4. The van der Waals surface area contributed by atoms with E-state index in [9.17, 15) is 14.4 Å². The maximum absolute atomic E-state index is 12.1. The molecule has 0 aliphatic heterocycles. The number of methoxy groups -OCH3 is 2. The Hall–Kier alpha value is -2.34. The van der Waals surface area contributed by atoms with E-state index in [2.05, 4.69) is 5.10 Å². The van der Waals surface area contributed by atoms with Crippen molar-refractivity contribution in [3.63, 3.8) is 0 Å². The first-order chi connectivity index (χ1) is 11.0. The Bertz CT molecular complexity index is 901. The van der Waals surface area contributed by atoms with Gasteiger partial charge in [0.2, 0.25) is 0 Å². The highest BCUT2D eigenvalue weighted by atomic mass is 31.2. The van der Waals surface area contributed by atoms with Crippen LogP contribution in [0.2, 0.25) is 0 Å². The van der Waals surface area contributed by atoms with Crippen molar-refractivity contribution in [2.45, 2.75) is 0 Å². The average Bonchev–Trinajstić information content (AvgIpc) is 2.94. The molecular formula is C15H15N2O5P. The molecule has 0 amide bonds. The fourth-order valence-electron chi connectivity index (χ4n) is 2.50. The number of nitrogens with zero attached hydrogens (tertiary/aromatic N) is 2. The van der Waals surface area contributed by atoms with Crippen LogP contribution in [0.3, 0.4) is 0 Å². The predicted molar refractivity (Wildman–Crippen MR) is 85.9 cm³/mol. The van der Waals surface area contributed by atoms with E-state index in [1.807, 2.05) is 6.07 Å². The van der Waals surface area contributed by atoms with Gasteiger partial charge in [-0.3, -0.25) is 4.57 Å². The van der Waals surface area contributed by atoms with E-state index in [1.54, 1.807) is 36.4 Å². The topological polar surface area (TPSA) is 93.8 Å². The number of para-hydroxylation sites is 1. The van der Waals surface area contributed by atoms with Crippen LogP contribution in [0.4, 0.5) is 0 Å². The van der Waals surface area contributed by atoms with E-state index in [0.717, 1.165) is 0 Å². The van der Waals surface area contributed by atoms with Gasteiger partial charge in [0.15, 0.2) is 16.9 Å². The van der Waals surface area contributed by atoms with E-state index in [4.69, 9.17) is 9.47 Å². The molecule has 1 heterocycles. The van der Waals surface area contributed by atoms with Crippen molar-refractivity contribution in [3.05, 3.63) is 42.5 Å². The van der Waals surface area contributed by atoms with E-state index >= 15 is 0 Å². The Morgan fingerprint density at radius 3 is 2.30 bits per heavy atom. The Morgan fingerprint density at radius 2 is 1.74 bits per heavy atom. The molecule has 0 bridgehead atoms. The molecule has 0 spiro atoms. The molecule has 7 nitrogen and oxygen atoms in total. The first-order valence-electron chi connectivity index (χ1n) is 6.72. The zero-order chi connectivity index (χ0) is 16.6. The predicted octanol–water partition coefficient (Wildman–Crippen LogP) is 1.85. The third kappa shape index (κ3) is 2.59. The van der Waals surface area contributed by atoms with Crippen molar-refractivity contribution < 1.29 is 23.8 Å². The molecule has 23 heavy (non-hydrogen) atoms. The Morgan fingerprint density at radius 1 is 1.04 bits per heavy atom. The highest BCUT2D eigenvalue weighted by molar-refractivity contribution is 7.60. The van der Waals surface area contributed by atoms with Crippen molar-refractivity contribution >= 4 is 23.9 Å². The SMILES string of the molecule is COc1ccc2nn(-c3ccccc3)c(P(=O)(O)O)c2c1OC. The number of rotatable bonds is 4. The summed E-state index contributed by atoms with van der Waals surface area (Å²) < 4.78 is 23.9. The monoisotopic (exact) mass is 334 g/mol. The summed E-state index contributed by atoms with van der Waals surface area (Å²) in [6.07, 6.45) is 0. The molecule has 2 N–H and O–H groups in total. The van der Waals surface area contributed by atoms with Gasteiger partial charge in [-0.2, -0.15) is 5.10 Å². The van der Waals surface area contributed by atoms with Crippen LogP contribution in [-0.2, 0) is 4.57 Å². The van der Waals surface area contributed by atoms with E-state index < -0.39 is 7.60 Å². The minimum absolute atomic E-state index is 0.227. The Kier molecular flexibility index (Phi) is 3.85. The maximum atomic E-state index is 12.1. The molecule has 0 fully saturated rings. The third-order valence-electron chi connectivity index (χ3n) is 3.43. The summed E-state index contributed by atoms with van der Waals surface area (Å²) in [5, 5.41) is 4.56. The zero-order valence-corrected chi connectivity index (χ0v) is 13.4. The van der Waals surface area contributed by atoms with Crippen LogP contribution in [0.25, 0.3) is 16.6 Å². The van der Waals surface area contributed by atoms with E-state index in [0.29, 0.717) is 17.0 Å². The van der Waals surface area contributed by atoms with Crippen molar-refractivity contribution in [3.8, 4) is 17.2 Å². The molecule has 0 aliphatic carbocycles. The maximum Gasteiger partial charge on any atom is 0.375 e. The molecule has 0 unspecified atom stereocenters. The number of aromatic nitrogens is 2. The molecule has 2 aromatic carbocycles. The van der Waals surface area contributed by atoms with Gasteiger partial charge in [0.25, 0.3) is 0 Å². The van der Waals surface area contributed by atoms with Crippen LogP contribution < -0.4 is 14.9 Å². The second-order valence-electron chi connectivity index (χ2n) is 4.81. The molecule has 0 saturated carbocycles. The van der Waals surface area contributed by atoms with Crippen LogP contribution >= 0.6 is 7.60 Å². The number of fused-ring (bicyclic) bond motifs is 1. The number of benzene rings is 2. The molecule has 3 rings (SSSR count). The quantitative estimate of drug-likeness (QED) is 0.707. The molecule has 3 aromatic rings. The summed E-state index contributed by atoms with van der Waals surface area (Å²) in [6, 6.07) is 12.1. The summed E-state index contributed by atoms with van der Waals surface area (Å²) >= 11 is 0. The fraction of sp³-hybridized carbons (Fsp3) is 0.133. The van der Waals surface area contributed by atoms with E-state index in [-0.39, 0.29) is 16.6 Å². The largest absolute Gasteiger partial charge is 0.493 e. The average molecular weight is 334 g/mol. The highest BCUT2D eigenvalue weighted by Crippen LogP contribution is 2.43.